The van der Waals surface area contributed by atoms with Crippen LogP contribution in [0.5, 0.6) is 0 Å². The van der Waals surface area contributed by atoms with Gasteiger partial charge in [-0.25, -0.2) is 4.39 Å². The highest BCUT2D eigenvalue weighted by molar-refractivity contribution is 9.10. The van der Waals surface area contributed by atoms with Crippen molar-refractivity contribution in [1.82, 2.24) is 0 Å². The Morgan fingerprint density at radius 2 is 2.24 bits per heavy atom. The lowest BCUT2D eigenvalue weighted by molar-refractivity contribution is -0.117. The fraction of sp³-hybridized carbons (Fsp3) is 0.182. The molecule has 0 spiro atoms. The van der Waals surface area contributed by atoms with Crippen molar-refractivity contribution >= 4 is 27.5 Å². The second kappa shape index (κ2) is 5.18. The normalized spacial score (nSPS) is 14.4. The van der Waals surface area contributed by atoms with Crippen molar-refractivity contribution < 1.29 is 18.7 Å². The summed E-state index contributed by atoms with van der Waals surface area (Å²) in [6.07, 6.45) is 1.22. The smallest absolute Gasteiger partial charge is 0.294 e. The number of carbonyl (C=O) groups is 1. The average molecular weight is 302 g/mol. The Kier molecular flexibility index (Phi) is 3.63. The monoisotopic (exact) mass is 301 g/mol. The number of rotatable bonds is 2. The number of carbonyl (C=O) groups excluding carboxylic acids is 1. The maximum Gasteiger partial charge on any atom is 0.294 e. The summed E-state index contributed by atoms with van der Waals surface area (Å²) in [5.41, 5.74) is 0.0910. The lowest BCUT2D eigenvalue weighted by Gasteiger charge is -2.15. The van der Waals surface area contributed by atoms with Crippen molar-refractivity contribution in [3.8, 4) is 0 Å². The van der Waals surface area contributed by atoms with Gasteiger partial charge in [-0.05, 0) is 18.2 Å². The van der Waals surface area contributed by atoms with Gasteiger partial charge in [0.15, 0.2) is 0 Å². The Hall–Kier alpha value is -1.56. The molecule has 1 aromatic carbocycles. The molecule has 0 aromatic heterocycles. The number of amides is 1. The van der Waals surface area contributed by atoms with Crippen LogP contribution < -0.4 is 5.32 Å². The van der Waals surface area contributed by atoms with Gasteiger partial charge in [-0.2, -0.15) is 0 Å². The van der Waals surface area contributed by atoms with E-state index in [1.54, 1.807) is 6.07 Å². The summed E-state index contributed by atoms with van der Waals surface area (Å²) < 4.78 is 24.1. The molecule has 1 N–H and O–H groups in total. The van der Waals surface area contributed by atoms with Gasteiger partial charge in [0.25, 0.3) is 5.91 Å². The molecule has 1 aliphatic heterocycles. The SMILES string of the molecule is O=C(Nc1ccc(Br)cc1F)C1=COCCO1. The maximum atomic E-state index is 13.4. The van der Waals surface area contributed by atoms with Gasteiger partial charge < -0.3 is 14.8 Å². The highest BCUT2D eigenvalue weighted by Gasteiger charge is 2.16. The minimum absolute atomic E-state index is 0.0403. The molecular weight excluding hydrogens is 293 g/mol. The zero-order valence-corrected chi connectivity index (χ0v) is 10.3. The zero-order chi connectivity index (χ0) is 12.3. The largest absolute Gasteiger partial charge is 0.494 e. The van der Waals surface area contributed by atoms with E-state index in [4.69, 9.17) is 9.47 Å². The first-order valence-electron chi connectivity index (χ1n) is 4.88. The maximum absolute atomic E-state index is 13.4. The molecule has 2 rings (SSSR count). The summed E-state index contributed by atoms with van der Waals surface area (Å²) in [7, 11) is 0. The number of nitrogens with one attached hydrogen (secondary N) is 1. The number of hydrogen-bond donors (Lipinski definition) is 1. The lowest BCUT2D eigenvalue weighted by Crippen LogP contribution is -2.21. The van der Waals surface area contributed by atoms with Gasteiger partial charge in [0, 0.05) is 4.47 Å². The van der Waals surface area contributed by atoms with Gasteiger partial charge in [0.05, 0.1) is 5.69 Å². The van der Waals surface area contributed by atoms with Crippen LogP contribution in [0.4, 0.5) is 10.1 Å². The van der Waals surface area contributed by atoms with E-state index in [1.807, 2.05) is 0 Å². The third kappa shape index (κ3) is 2.97. The molecule has 90 valence electrons. The van der Waals surface area contributed by atoms with E-state index in [1.165, 1.54) is 18.4 Å². The molecule has 0 saturated carbocycles. The number of benzene rings is 1. The molecule has 1 heterocycles. The Morgan fingerprint density at radius 3 is 2.88 bits per heavy atom. The molecule has 17 heavy (non-hydrogen) atoms. The first-order chi connectivity index (χ1) is 8.16. The number of hydrogen-bond acceptors (Lipinski definition) is 3. The zero-order valence-electron chi connectivity index (χ0n) is 8.70. The van der Waals surface area contributed by atoms with Crippen LogP contribution in [0.2, 0.25) is 0 Å². The van der Waals surface area contributed by atoms with E-state index in [-0.39, 0.29) is 11.4 Å². The molecule has 4 nitrogen and oxygen atoms in total. The molecule has 0 bridgehead atoms. The van der Waals surface area contributed by atoms with Gasteiger partial charge in [0.2, 0.25) is 5.76 Å². The molecule has 0 fully saturated rings. The van der Waals surface area contributed by atoms with Crippen molar-refractivity contribution in [2.45, 2.75) is 0 Å². The predicted octanol–water partition coefficient (Wildman–Crippen LogP) is 2.41. The summed E-state index contributed by atoms with van der Waals surface area (Å²) >= 11 is 3.13. The Bertz CT molecular complexity index is 476. The van der Waals surface area contributed by atoms with E-state index >= 15 is 0 Å². The number of ether oxygens (including phenoxy) is 2. The van der Waals surface area contributed by atoms with Gasteiger partial charge in [-0.1, -0.05) is 15.9 Å². The van der Waals surface area contributed by atoms with Crippen LogP contribution in [0.15, 0.2) is 34.7 Å². The van der Waals surface area contributed by atoms with E-state index in [9.17, 15) is 9.18 Å². The van der Waals surface area contributed by atoms with Crippen molar-refractivity contribution in [3.05, 3.63) is 40.5 Å². The minimum atomic E-state index is -0.536. The molecule has 6 heteroatoms. The second-order valence-corrected chi connectivity index (χ2v) is 4.20. The third-order valence-corrected chi connectivity index (χ3v) is 2.55. The van der Waals surface area contributed by atoms with Gasteiger partial charge >= 0.3 is 0 Å². The summed E-state index contributed by atoms with van der Waals surface area (Å²) in [5, 5.41) is 2.40. The van der Waals surface area contributed by atoms with Crippen LogP contribution >= 0.6 is 15.9 Å². The Morgan fingerprint density at radius 1 is 1.41 bits per heavy atom. The topological polar surface area (TPSA) is 47.6 Å². The van der Waals surface area contributed by atoms with E-state index < -0.39 is 11.7 Å². The molecule has 1 aromatic rings. The van der Waals surface area contributed by atoms with Crippen LogP contribution in [-0.4, -0.2) is 19.1 Å². The summed E-state index contributed by atoms with van der Waals surface area (Å²) in [6.45, 7) is 0.714. The molecular formula is C11H9BrFNO3. The molecule has 1 amide bonds. The number of anilines is 1. The van der Waals surface area contributed by atoms with E-state index in [0.29, 0.717) is 17.7 Å². The fourth-order valence-corrected chi connectivity index (χ4v) is 1.60. The Labute approximate surface area is 106 Å². The lowest BCUT2D eigenvalue weighted by atomic mass is 10.3. The van der Waals surface area contributed by atoms with Crippen molar-refractivity contribution in [1.29, 1.82) is 0 Å². The molecule has 0 atom stereocenters. The van der Waals surface area contributed by atoms with Gasteiger partial charge in [0.1, 0.15) is 25.3 Å². The van der Waals surface area contributed by atoms with Crippen LogP contribution in [0.1, 0.15) is 0 Å². The first-order valence-corrected chi connectivity index (χ1v) is 5.67. The van der Waals surface area contributed by atoms with Crippen LogP contribution in [-0.2, 0) is 14.3 Å². The predicted molar refractivity (Wildman–Crippen MR) is 62.7 cm³/mol. The molecule has 0 aliphatic carbocycles. The van der Waals surface area contributed by atoms with Crippen LogP contribution in [0, 0.1) is 5.82 Å². The molecule has 0 unspecified atom stereocenters. The third-order valence-electron chi connectivity index (χ3n) is 2.05. The summed E-state index contributed by atoms with van der Waals surface area (Å²) in [5.74, 6) is -1.02. The quantitative estimate of drug-likeness (QED) is 0.912. The summed E-state index contributed by atoms with van der Waals surface area (Å²) in [6, 6.07) is 4.36. The minimum Gasteiger partial charge on any atom is -0.494 e. The molecule has 1 aliphatic rings. The summed E-state index contributed by atoms with van der Waals surface area (Å²) in [4.78, 5) is 11.6. The van der Waals surface area contributed by atoms with Gasteiger partial charge in [-0.3, -0.25) is 4.79 Å². The molecule has 0 radical (unpaired) electrons. The first kappa shape index (κ1) is 11.9. The van der Waals surface area contributed by atoms with Crippen LogP contribution in [0.25, 0.3) is 0 Å². The molecule has 0 saturated heterocycles. The van der Waals surface area contributed by atoms with Crippen molar-refractivity contribution in [2.24, 2.45) is 0 Å². The van der Waals surface area contributed by atoms with Crippen molar-refractivity contribution in [2.75, 3.05) is 18.5 Å². The van der Waals surface area contributed by atoms with E-state index in [2.05, 4.69) is 21.2 Å². The standard InChI is InChI=1S/C11H9BrFNO3/c12-7-1-2-9(8(13)5-7)14-11(15)10-6-16-3-4-17-10/h1-2,5-6H,3-4H2,(H,14,15). The average Bonchev–Trinajstić information content (AvgIpc) is 2.34. The van der Waals surface area contributed by atoms with Crippen molar-refractivity contribution in [3.63, 3.8) is 0 Å². The highest BCUT2D eigenvalue weighted by atomic mass is 79.9. The second-order valence-electron chi connectivity index (χ2n) is 3.28. The number of halogens is 2. The van der Waals surface area contributed by atoms with Gasteiger partial charge in [-0.15, -0.1) is 0 Å². The highest BCUT2D eigenvalue weighted by Crippen LogP contribution is 2.20. The van der Waals surface area contributed by atoms with Crippen LogP contribution in [0.3, 0.4) is 0 Å². The Balaban J connectivity index is 2.10. The van der Waals surface area contributed by atoms with E-state index in [0.717, 1.165) is 0 Å². The fourth-order valence-electron chi connectivity index (χ4n) is 1.26.